The maximum absolute atomic E-state index is 11.0. The summed E-state index contributed by atoms with van der Waals surface area (Å²) in [4.78, 5) is 20.9. The molecule has 0 N–H and O–H groups in total. The first-order valence-electron chi connectivity index (χ1n) is 4.75. The number of allylic oxidation sites excluding steroid dienone is 1. The van der Waals surface area contributed by atoms with E-state index in [1.54, 1.807) is 6.92 Å². The number of hydrogen-bond acceptors (Lipinski definition) is 5. The van der Waals surface area contributed by atoms with Crippen LogP contribution >= 0.6 is 15.9 Å². The van der Waals surface area contributed by atoms with E-state index in [-0.39, 0.29) is 12.4 Å². The lowest BCUT2D eigenvalue weighted by Gasteiger charge is -1.93. The van der Waals surface area contributed by atoms with Crippen LogP contribution in [0.25, 0.3) is 0 Å². The Morgan fingerprint density at radius 2 is 2.47 bits per heavy atom. The number of aromatic nitrogens is 2. The van der Waals surface area contributed by atoms with Crippen molar-refractivity contribution in [3.8, 4) is 0 Å². The van der Waals surface area contributed by atoms with Gasteiger partial charge in [0, 0.05) is 6.08 Å². The monoisotopic (exact) mass is 303 g/mol. The van der Waals surface area contributed by atoms with Crippen LogP contribution in [0.2, 0.25) is 0 Å². The van der Waals surface area contributed by atoms with Crippen molar-refractivity contribution in [2.75, 3.05) is 6.61 Å². The molecule has 8 heteroatoms. The highest BCUT2D eigenvalue weighted by atomic mass is 79.9. The highest BCUT2D eigenvalue weighted by Gasteiger charge is 2.17. The number of hydrogen-bond donors (Lipinski definition) is 0. The standard InChI is InChI=1S/C9H10BrN3O4/c1-2-17-8(14)4-3-5-12-6-7(10)9(11-12)13(15)16/h3-4,6H,2,5H2,1H3/b4-3+. The summed E-state index contributed by atoms with van der Waals surface area (Å²) in [6, 6.07) is 0. The maximum atomic E-state index is 11.0. The average molecular weight is 304 g/mol. The number of nitro groups is 1. The number of esters is 1. The molecule has 7 nitrogen and oxygen atoms in total. The molecule has 0 bridgehead atoms. The van der Waals surface area contributed by atoms with E-state index in [4.69, 9.17) is 0 Å². The van der Waals surface area contributed by atoms with Gasteiger partial charge in [-0.1, -0.05) is 6.08 Å². The Labute approximate surface area is 105 Å². The molecule has 0 amide bonds. The molecule has 92 valence electrons. The Morgan fingerprint density at radius 3 is 3.00 bits per heavy atom. The van der Waals surface area contributed by atoms with E-state index in [9.17, 15) is 14.9 Å². The SMILES string of the molecule is CCOC(=O)/C=C/Cn1cc(Br)c([N+](=O)[O-])n1. The molecule has 0 aromatic carbocycles. The van der Waals surface area contributed by atoms with Crippen molar-refractivity contribution in [1.82, 2.24) is 9.78 Å². The number of halogens is 1. The molecule has 0 atom stereocenters. The van der Waals surface area contributed by atoms with Crippen LogP contribution in [0.3, 0.4) is 0 Å². The Bertz CT molecular complexity index is 455. The van der Waals surface area contributed by atoms with Crippen LogP contribution in [0.1, 0.15) is 6.92 Å². The van der Waals surface area contributed by atoms with E-state index >= 15 is 0 Å². The van der Waals surface area contributed by atoms with Crippen LogP contribution in [0.5, 0.6) is 0 Å². The van der Waals surface area contributed by atoms with Gasteiger partial charge in [-0.2, -0.15) is 4.68 Å². The first kappa shape index (κ1) is 13.4. The zero-order valence-electron chi connectivity index (χ0n) is 9.00. The zero-order chi connectivity index (χ0) is 12.8. The normalized spacial score (nSPS) is 10.7. The summed E-state index contributed by atoms with van der Waals surface area (Å²) >= 11 is 3.02. The van der Waals surface area contributed by atoms with E-state index in [0.717, 1.165) is 0 Å². The molecule has 0 aliphatic rings. The van der Waals surface area contributed by atoms with Gasteiger partial charge >= 0.3 is 11.8 Å². The Kier molecular flexibility index (Phi) is 4.83. The third kappa shape index (κ3) is 3.99. The topological polar surface area (TPSA) is 87.3 Å². The van der Waals surface area contributed by atoms with Gasteiger partial charge in [0.1, 0.15) is 4.47 Å². The van der Waals surface area contributed by atoms with Gasteiger partial charge in [0.05, 0.1) is 24.4 Å². The summed E-state index contributed by atoms with van der Waals surface area (Å²) in [6.07, 6.45) is 4.24. The summed E-state index contributed by atoms with van der Waals surface area (Å²) in [6.45, 7) is 2.27. The second kappa shape index (κ2) is 6.14. The lowest BCUT2D eigenvalue weighted by Crippen LogP contribution is -2.01. The molecular weight excluding hydrogens is 294 g/mol. The lowest BCUT2D eigenvalue weighted by atomic mass is 10.5. The summed E-state index contributed by atoms with van der Waals surface area (Å²) in [7, 11) is 0. The summed E-state index contributed by atoms with van der Waals surface area (Å²) in [5, 5.41) is 14.2. The molecule has 0 aliphatic heterocycles. The fraction of sp³-hybridized carbons (Fsp3) is 0.333. The van der Waals surface area contributed by atoms with Crippen LogP contribution in [-0.4, -0.2) is 27.3 Å². The zero-order valence-corrected chi connectivity index (χ0v) is 10.6. The van der Waals surface area contributed by atoms with E-state index in [2.05, 4.69) is 25.8 Å². The highest BCUT2D eigenvalue weighted by molar-refractivity contribution is 9.10. The molecule has 0 aliphatic carbocycles. The predicted molar refractivity (Wildman–Crippen MR) is 62.4 cm³/mol. The van der Waals surface area contributed by atoms with Crippen molar-refractivity contribution in [2.45, 2.75) is 13.5 Å². The van der Waals surface area contributed by atoms with Crippen molar-refractivity contribution in [1.29, 1.82) is 0 Å². The van der Waals surface area contributed by atoms with Crippen LogP contribution in [0.15, 0.2) is 22.8 Å². The Balaban J connectivity index is 2.61. The van der Waals surface area contributed by atoms with Gasteiger partial charge in [0.15, 0.2) is 0 Å². The van der Waals surface area contributed by atoms with Crippen LogP contribution < -0.4 is 0 Å². The first-order chi connectivity index (χ1) is 8.04. The molecule has 0 spiro atoms. The quantitative estimate of drug-likeness (QED) is 0.357. The van der Waals surface area contributed by atoms with Crippen LogP contribution in [0.4, 0.5) is 5.82 Å². The van der Waals surface area contributed by atoms with Crippen molar-refractivity contribution in [3.05, 3.63) is 32.9 Å². The third-order valence-corrected chi connectivity index (χ3v) is 2.26. The largest absolute Gasteiger partial charge is 0.463 e. The predicted octanol–water partition coefficient (Wildman–Crippen LogP) is 1.67. The minimum Gasteiger partial charge on any atom is -0.463 e. The molecule has 0 unspecified atom stereocenters. The summed E-state index contributed by atoms with van der Waals surface area (Å²) < 4.78 is 6.32. The fourth-order valence-electron chi connectivity index (χ4n) is 1.05. The van der Waals surface area contributed by atoms with Gasteiger partial charge in [0.25, 0.3) is 0 Å². The van der Waals surface area contributed by atoms with E-state index in [1.807, 2.05) is 0 Å². The van der Waals surface area contributed by atoms with Crippen LogP contribution in [-0.2, 0) is 16.1 Å². The fourth-order valence-corrected chi connectivity index (χ4v) is 1.51. The molecule has 1 aromatic rings. The summed E-state index contributed by atoms with van der Waals surface area (Å²) in [5.41, 5.74) is 0. The Hall–Kier alpha value is -1.70. The molecular formula is C9H10BrN3O4. The highest BCUT2D eigenvalue weighted by Crippen LogP contribution is 2.21. The first-order valence-corrected chi connectivity index (χ1v) is 5.54. The molecule has 0 radical (unpaired) electrons. The number of ether oxygens (including phenoxy) is 1. The minimum atomic E-state index is -0.588. The van der Waals surface area contributed by atoms with E-state index in [1.165, 1.54) is 23.0 Å². The second-order valence-electron chi connectivity index (χ2n) is 2.93. The van der Waals surface area contributed by atoms with Gasteiger partial charge in [0.2, 0.25) is 0 Å². The average Bonchev–Trinajstić information content (AvgIpc) is 2.60. The van der Waals surface area contributed by atoms with E-state index in [0.29, 0.717) is 11.1 Å². The second-order valence-corrected chi connectivity index (χ2v) is 3.79. The lowest BCUT2D eigenvalue weighted by molar-refractivity contribution is -0.390. The summed E-state index contributed by atoms with van der Waals surface area (Å²) in [5.74, 6) is -0.706. The van der Waals surface area contributed by atoms with Gasteiger partial charge < -0.3 is 14.9 Å². The number of nitrogens with zero attached hydrogens (tertiary/aromatic N) is 3. The van der Waals surface area contributed by atoms with Gasteiger partial charge in [-0.3, -0.25) is 0 Å². The van der Waals surface area contributed by atoms with Gasteiger partial charge in [-0.25, -0.2) is 4.79 Å². The Morgan fingerprint density at radius 1 is 1.76 bits per heavy atom. The number of rotatable bonds is 5. The van der Waals surface area contributed by atoms with Crippen molar-refractivity contribution >= 4 is 27.7 Å². The van der Waals surface area contributed by atoms with Gasteiger partial charge in [-0.05, 0) is 27.8 Å². The van der Waals surface area contributed by atoms with Crippen molar-refractivity contribution < 1.29 is 14.5 Å². The molecule has 0 fully saturated rings. The van der Waals surface area contributed by atoms with Crippen molar-refractivity contribution in [3.63, 3.8) is 0 Å². The minimum absolute atomic E-state index is 0.255. The van der Waals surface area contributed by atoms with Crippen molar-refractivity contribution in [2.24, 2.45) is 0 Å². The molecule has 1 rings (SSSR count). The molecule has 1 heterocycles. The maximum Gasteiger partial charge on any atom is 0.404 e. The molecule has 17 heavy (non-hydrogen) atoms. The van der Waals surface area contributed by atoms with E-state index < -0.39 is 10.9 Å². The molecule has 0 saturated carbocycles. The number of carbonyl (C=O) groups excluding carboxylic acids is 1. The smallest absolute Gasteiger partial charge is 0.404 e. The molecule has 1 aromatic heterocycles. The molecule has 0 saturated heterocycles. The third-order valence-electron chi connectivity index (χ3n) is 1.71. The van der Waals surface area contributed by atoms with Gasteiger partial charge in [-0.15, -0.1) is 0 Å². The van der Waals surface area contributed by atoms with Crippen LogP contribution in [0, 0.1) is 10.1 Å². The number of carbonyl (C=O) groups is 1.